The summed E-state index contributed by atoms with van der Waals surface area (Å²) in [4.78, 5) is 7.02. The van der Waals surface area contributed by atoms with Gasteiger partial charge < -0.3 is 0 Å². The molecule has 0 fully saturated rings. The largest absolute Gasteiger partial charge is 0.416 e. The molecule has 0 aliphatic rings. The van der Waals surface area contributed by atoms with E-state index in [2.05, 4.69) is 9.98 Å². The third-order valence-corrected chi connectivity index (χ3v) is 7.48. The van der Waals surface area contributed by atoms with Gasteiger partial charge in [0, 0.05) is 32.7 Å². The van der Waals surface area contributed by atoms with Crippen LogP contribution >= 0.6 is 0 Å². The lowest BCUT2D eigenvalue weighted by Crippen LogP contribution is -2.12. The summed E-state index contributed by atoms with van der Waals surface area (Å²) < 4.78 is 164. The second-order valence-corrected chi connectivity index (χ2v) is 10.4. The summed E-state index contributed by atoms with van der Waals surface area (Å²) in [5.41, 5.74) is -11.4. The van der Waals surface area contributed by atoms with Crippen molar-refractivity contribution in [2.24, 2.45) is 9.98 Å². The van der Waals surface area contributed by atoms with Crippen molar-refractivity contribution in [2.75, 3.05) is 0 Å². The topological polar surface area (TPSA) is 120 Å². The van der Waals surface area contributed by atoms with Gasteiger partial charge in [-0.25, -0.2) is 0 Å². The molecule has 0 aliphatic heterocycles. The van der Waals surface area contributed by atoms with Gasteiger partial charge in [0.05, 0.1) is 44.1 Å². The van der Waals surface area contributed by atoms with Crippen molar-refractivity contribution < 1.29 is 52.7 Å². The van der Waals surface area contributed by atoms with Crippen LogP contribution in [0.25, 0.3) is 43.8 Å². The van der Waals surface area contributed by atoms with Crippen LogP contribution in [0.3, 0.4) is 0 Å². The highest BCUT2D eigenvalue weighted by Gasteiger charge is 2.39. The Morgan fingerprint density at radius 2 is 0.680 bits per heavy atom. The molecule has 0 aromatic heterocycles. The maximum atomic E-state index is 13.7. The van der Waals surface area contributed by atoms with Crippen LogP contribution in [0.1, 0.15) is 33.4 Å². The number of benzene rings is 3. The highest BCUT2D eigenvalue weighted by molar-refractivity contribution is 6.10. The molecule has 5 aromatic carbocycles. The molecule has 50 heavy (non-hydrogen) atoms. The average Bonchev–Trinajstić information content (AvgIpc) is 3.49. The SMILES string of the molecule is N#CN=c1c(-c2cc(C(F)(F)F)cc(C(F)(F)F)c2)c(C#N)c2cc3c(=NC#N)c(-c4cc(C(F)(F)F)cc(C(F)(F)F)c4)c(C#N)c3cc12. The van der Waals surface area contributed by atoms with Crippen molar-refractivity contribution in [1.82, 2.24) is 0 Å². The first-order chi connectivity index (χ1) is 23.1. The summed E-state index contributed by atoms with van der Waals surface area (Å²) in [6.45, 7) is 0. The summed E-state index contributed by atoms with van der Waals surface area (Å²) in [5.74, 6) is 0. The molecule has 5 rings (SSSR count). The molecule has 0 N–H and O–H groups in total. The Hall–Kier alpha value is -6.40. The van der Waals surface area contributed by atoms with Gasteiger partial charge in [0.1, 0.15) is 12.1 Å². The number of fused-ring (bicyclic) bond motifs is 2. The van der Waals surface area contributed by atoms with E-state index in [9.17, 15) is 73.7 Å². The van der Waals surface area contributed by atoms with E-state index >= 15 is 0 Å². The predicted molar refractivity (Wildman–Crippen MR) is 146 cm³/mol. The number of hydrogen-bond donors (Lipinski definition) is 0. The zero-order valence-electron chi connectivity index (χ0n) is 23.8. The van der Waals surface area contributed by atoms with Crippen LogP contribution in [-0.2, 0) is 24.7 Å². The lowest BCUT2D eigenvalue weighted by atomic mass is 9.97. The molecular formula is C32H8F12N6. The van der Waals surface area contributed by atoms with Crippen LogP contribution < -0.4 is 10.7 Å². The maximum absolute atomic E-state index is 13.7. The van der Waals surface area contributed by atoms with Gasteiger partial charge in [0.2, 0.25) is 12.4 Å². The van der Waals surface area contributed by atoms with Gasteiger partial charge in [-0.2, -0.15) is 83.7 Å². The van der Waals surface area contributed by atoms with E-state index in [1.807, 2.05) is 0 Å². The second-order valence-electron chi connectivity index (χ2n) is 10.4. The molecule has 0 unspecified atom stereocenters. The monoisotopic (exact) mass is 704 g/mol. The molecule has 18 heteroatoms. The minimum atomic E-state index is -5.32. The van der Waals surface area contributed by atoms with Crippen LogP contribution in [0.15, 0.2) is 58.5 Å². The molecule has 0 saturated carbocycles. The number of nitriles is 4. The number of alkyl halides is 12. The van der Waals surface area contributed by atoms with E-state index in [4.69, 9.17) is 0 Å². The lowest BCUT2D eigenvalue weighted by Gasteiger charge is -2.14. The van der Waals surface area contributed by atoms with Crippen molar-refractivity contribution in [2.45, 2.75) is 24.7 Å². The Bertz CT molecular complexity index is 2290. The van der Waals surface area contributed by atoms with Crippen LogP contribution in [0.2, 0.25) is 0 Å². The molecule has 0 amide bonds. The minimum absolute atomic E-state index is 0.179. The Labute approximate surface area is 269 Å². The summed E-state index contributed by atoms with van der Waals surface area (Å²) in [6.07, 6.45) is -18.6. The van der Waals surface area contributed by atoms with E-state index in [-0.39, 0.29) is 57.9 Å². The van der Waals surface area contributed by atoms with Gasteiger partial charge in [-0.15, -0.1) is 0 Å². The van der Waals surface area contributed by atoms with Gasteiger partial charge in [0.25, 0.3) is 0 Å². The standard InChI is InChI=1S/C32H8F12N6/c33-29(34,35)15-1-13(2-16(5-15)30(36,37)38)25-23(9-45)19-7-22-20(8-21(19)27(25)49-11-47)24(10-46)26(28(22)50-12-48)14-3-17(31(39,40)41)6-18(4-14)32(42,43)44/h1-8H. The van der Waals surface area contributed by atoms with Gasteiger partial charge in [-0.3, -0.25) is 0 Å². The highest BCUT2D eigenvalue weighted by atomic mass is 19.4. The fourth-order valence-electron chi connectivity index (χ4n) is 5.51. The zero-order valence-corrected chi connectivity index (χ0v) is 23.8. The number of hydrogen-bond acceptors (Lipinski definition) is 6. The minimum Gasteiger partial charge on any atom is -0.192 e. The highest BCUT2D eigenvalue weighted by Crippen LogP contribution is 2.43. The van der Waals surface area contributed by atoms with Gasteiger partial charge in [-0.1, -0.05) is 0 Å². The Morgan fingerprint density at radius 3 is 0.900 bits per heavy atom. The van der Waals surface area contributed by atoms with Crippen LogP contribution in [-0.4, -0.2) is 0 Å². The Morgan fingerprint density at radius 1 is 0.400 bits per heavy atom. The van der Waals surface area contributed by atoms with E-state index in [1.54, 1.807) is 12.1 Å². The van der Waals surface area contributed by atoms with Crippen molar-refractivity contribution in [3.63, 3.8) is 0 Å². The van der Waals surface area contributed by atoms with Crippen molar-refractivity contribution in [1.29, 1.82) is 21.0 Å². The van der Waals surface area contributed by atoms with Crippen LogP contribution in [0.4, 0.5) is 52.7 Å². The Kier molecular flexibility index (Phi) is 8.13. The van der Waals surface area contributed by atoms with Crippen LogP contribution in [0.5, 0.6) is 0 Å². The number of nitrogens with zero attached hydrogens (tertiary/aromatic N) is 6. The lowest BCUT2D eigenvalue weighted by molar-refractivity contribution is -0.144. The van der Waals surface area contributed by atoms with E-state index < -0.39 is 91.1 Å². The zero-order chi connectivity index (χ0) is 37.1. The van der Waals surface area contributed by atoms with Crippen molar-refractivity contribution in [3.05, 3.63) is 92.6 Å². The average molecular weight is 704 g/mol. The molecule has 0 bridgehead atoms. The smallest absolute Gasteiger partial charge is 0.192 e. The molecule has 250 valence electrons. The number of rotatable bonds is 2. The van der Waals surface area contributed by atoms with Crippen LogP contribution in [0, 0.1) is 45.6 Å². The van der Waals surface area contributed by atoms with Gasteiger partial charge >= 0.3 is 24.7 Å². The third kappa shape index (κ3) is 5.92. The van der Waals surface area contributed by atoms with Gasteiger partial charge in [0.15, 0.2) is 0 Å². The maximum Gasteiger partial charge on any atom is 0.416 e. The van der Waals surface area contributed by atoms with Gasteiger partial charge in [-0.05, 0) is 59.7 Å². The predicted octanol–water partition coefficient (Wildman–Crippen LogP) is 8.78. The van der Waals surface area contributed by atoms with Crippen molar-refractivity contribution >= 4 is 21.5 Å². The first-order valence-electron chi connectivity index (χ1n) is 13.2. The Balaban J connectivity index is 1.99. The molecule has 0 radical (unpaired) electrons. The van der Waals surface area contributed by atoms with E-state index in [0.717, 1.165) is 12.1 Å². The first kappa shape index (κ1) is 34.9. The fourth-order valence-corrected chi connectivity index (χ4v) is 5.51. The normalized spacial score (nSPS) is 13.4. The summed E-state index contributed by atoms with van der Waals surface area (Å²) in [6, 6.07) is 5.92. The van der Waals surface area contributed by atoms with Crippen molar-refractivity contribution in [3.8, 4) is 46.8 Å². The molecule has 5 aromatic rings. The quantitative estimate of drug-likeness (QED) is 0.135. The summed E-state index contributed by atoms with van der Waals surface area (Å²) >= 11 is 0. The fraction of sp³-hybridized carbons (Fsp3) is 0.125. The molecular weight excluding hydrogens is 696 g/mol. The van der Waals surface area contributed by atoms with E-state index in [0.29, 0.717) is 0 Å². The molecule has 0 saturated heterocycles. The summed E-state index contributed by atoms with van der Waals surface area (Å²) in [7, 11) is 0. The molecule has 0 heterocycles. The van der Waals surface area contributed by atoms with E-state index in [1.165, 1.54) is 12.4 Å². The number of halogens is 12. The second kappa shape index (κ2) is 11.6. The summed E-state index contributed by atoms with van der Waals surface area (Å²) in [5, 5.41) is 36.4. The third-order valence-electron chi connectivity index (χ3n) is 7.48. The molecule has 6 nitrogen and oxygen atoms in total. The molecule has 0 atom stereocenters. The molecule has 0 spiro atoms. The molecule has 0 aliphatic carbocycles. The first-order valence-corrected chi connectivity index (χ1v) is 13.2.